The van der Waals surface area contributed by atoms with Gasteiger partial charge in [0.05, 0.1) is 11.9 Å². The quantitative estimate of drug-likeness (QED) is 0.506. The number of thiophene rings is 1. The van der Waals surface area contributed by atoms with Crippen LogP contribution in [0.3, 0.4) is 0 Å². The molecule has 1 aromatic carbocycles. The molecule has 0 saturated heterocycles. The molecule has 3 aromatic heterocycles. The Labute approximate surface area is 145 Å². The summed E-state index contributed by atoms with van der Waals surface area (Å²) in [5.41, 5.74) is 3.97. The van der Waals surface area contributed by atoms with Crippen molar-refractivity contribution in [1.29, 1.82) is 0 Å². The second kappa shape index (κ2) is 6.14. The molecule has 4 aromatic rings. The monoisotopic (exact) mass is 385 g/mol. The number of hydrogen-bond donors (Lipinski definition) is 0. The standard InChI is InChI=1S/C17H12BrN3OS/c18-14-3-1-2-12(8-14)10-22-17-5-4-16-19-9-15(21(16)20-17)13-6-7-23-11-13/h1-9,11H,10H2. The Morgan fingerprint density at radius 1 is 1.17 bits per heavy atom. The largest absolute Gasteiger partial charge is 0.472 e. The molecule has 3 heterocycles. The molecule has 4 rings (SSSR count). The number of rotatable bonds is 4. The topological polar surface area (TPSA) is 39.4 Å². The Bertz CT molecular complexity index is 950. The maximum atomic E-state index is 5.82. The minimum atomic E-state index is 0.473. The summed E-state index contributed by atoms with van der Waals surface area (Å²) in [6.07, 6.45) is 1.84. The van der Waals surface area contributed by atoms with E-state index in [0.717, 1.165) is 26.9 Å². The average Bonchev–Trinajstić information content (AvgIpc) is 3.21. The summed E-state index contributed by atoms with van der Waals surface area (Å²) < 4.78 is 8.67. The van der Waals surface area contributed by atoms with Gasteiger partial charge in [-0.1, -0.05) is 28.1 Å². The van der Waals surface area contributed by atoms with Gasteiger partial charge in [-0.15, -0.1) is 5.10 Å². The normalized spacial score (nSPS) is 11.0. The van der Waals surface area contributed by atoms with Gasteiger partial charge in [-0.3, -0.25) is 0 Å². The second-order valence-electron chi connectivity index (χ2n) is 5.02. The summed E-state index contributed by atoms with van der Waals surface area (Å²) >= 11 is 5.12. The van der Waals surface area contributed by atoms with E-state index in [9.17, 15) is 0 Å². The molecular formula is C17H12BrN3OS. The summed E-state index contributed by atoms with van der Waals surface area (Å²) in [5.74, 6) is 0.576. The van der Waals surface area contributed by atoms with Crippen molar-refractivity contribution in [3.63, 3.8) is 0 Å². The molecule has 0 amide bonds. The van der Waals surface area contributed by atoms with Crippen molar-refractivity contribution >= 4 is 32.9 Å². The van der Waals surface area contributed by atoms with Crippen molar-refractivity contribution in [3.8, 4) is 17.1 Å². The number of imidazole rings is 1. The van der Waals surface area contributed by atoms with Crippen molar-refractivity contribution < 1.29 is 4.74 Å². The molecule has 23 heavy (non-hydrogen) atoms. The Morgan fingerprint density at radius 2 is 2.13 bits per heavy atom. The minimum Gasteiger partial charge on any atom is -0.472 e. The van der Waals surface area contributed by atoms with Crippen LogP contribution < -0.4 is 4.74 Å². The molecule has 114 valence electrons. The first-order chi connectivity index (χ1) is 11.3. The van der Waals surface area contributed by atoms with E-state index >= 15 is 0 Å². The molecule has 0 saturated carbocycles. The number of fused-ring (bicyclic) bond motifs is 1. The lowest BCUT2D eigenvalue weighted by Gasteiger charge is -2.07. The van der Waals surface area contributed by atoms with Gasteiger partial charge in [0.2, 0.25) is 5.88 Å². The molecule has 0 spiro atoms. The molecule has 0 atom stereocenters. The molecule has 0 aliphatic carbocycles. The third-order valence-corrected chi connectivity index (χ3v) is 4.61. The second-order valence-corrected chi connectivity index (χ2v) is 6.71. The van der Waals surface area contributed by atoms with Crippen molar-refractivity contribution in [2.75, 3.05) is 0 Å². The van der Waals surface area contributed by atoms with Crippen molar-refractivity contribution in [2.45, 2.75) is 6.61 Å². The number of hydrogen-bond acceptors (Lipinski definition) is 4. The van der Waals surface area contributed by atoms with E-state index in [1.165, 1.54) is 0 Å². The lowest BCUT2D eigenvalue weighted by molar-refractivity contribution is 0.289. The fourth-order valence-corrected chi connectivity index (χ4v) is 3.42. The fourth-order valence-electron chi connectivity index (χ4n) is 2.32. The van der Waals surface area contributed by atoms with E-state index in [1.807, 2.05) is 52.5 Å². The highest BCUT2D eigenvalue weighted by Gasteiger charge is 2.09. The zero-order valence-corrected chi connectivity index (χ0v) is 14.4. The molecule has 0 aliphatic heterocycles. The van der Waals surface area contributed by atoms with E-state index in [4.69, 9.17) is 4.74 Å². The maximum absolute atomic E-state index is 5.82. The van der Waals surface area contributed by atoms with E-state index in [1.54, 1.807) is 11.3 Å². The van der Waals surface area contributed by atoms with Gasteiger partial charge in [0.1, 0.15) is 6.61 Å². The number of halogens is 1. The van der Waals surface area contributed by atoms with Gasteiger partial charge in [0.25, 0.3) is 0 Å². The number of ether oxygens (including phenoxy) is 1. The van der Waals surface area contributed by atoms with Crippen molar-refractivity contribution in [2.24, 2.45) is 0 Å². The predicted molar refractivity (Wildman–Crippen MR) is 94.8 cm³/mol. The van der Waals surface area contributed by atoms with Gasteiger partial charge in [-0.25, -0.2) is 9.50 Å². The van der Waals surface area contributed by atoms with Gasteiger partial charge < -0.3 is 4.74 Å². The lowest BCUT2D eigenvalue weighted by atomic mass is 10.2. The summed E-state index contributed by atoms with van der Waals surface area (Å²) in [5, 5.41) is 8.68. The van der Waals surface area contributed by atoms with E-state index in [0.29, 0.717) is 12.5 Å². The number of benzene rings is 1. The van der Waals surface area contributed by atoms with Crippen molar-refractivity contribution in [3.05, 3.63) is 69.5 Å². The molecule has 0 fully saturated rings. The van der Waals surface area contributed by atoms with Crippen LogP contribution in [0, 0.1) is 0 Å². The third-order valence-electron chi connectivity index (χ3n) is 3.43. The Kier molecular flexibility index (Phi) is 3.85. The summed E-state index contributed by atoms with van der Waals surface area (Å²) in [7, 11) is 0. The van der Waals surface area contributed by atoms with Crippen LogP contribution in [0.15, 0.2) is 63.9 Å². The molecular weight excluding hydrogens is 374 g/mol. The average molecular weight is 386 g/mol. The van der Waals surface area contributed by atoms with Gasteiger partial charge >= 0.3 is 0 Å². The Hall–Kier alpha value is -2.18. The SMILES string of the molecule is Brc1cccc(COc2ccc3ncc(-c4ccsc4)n3n2)c1. The van der Waals surface area contributed by atoms with Gasteiger partial charge in [0.15, 0.2) is 5.65 Å². The van der Waals surface area contributed by atoms with E-state index in [-0.39, 0.29) is 0 Å². The van der Waals surface area contributed by atoms with Crippen LogP contribution in [0.5, 0.6) is 5.88 Å². The van der Waals surface area contributed by atoms with Crippen LogP contribution in [0.4, 0.5) is 0 Å². The zero-order chi connectivity index (χ0) is 15.6. The highest BCUT2D eigenvalue weighted by atomic mass is 79.9. The summed E-state index contributed by atoms with van der Waals surface area (Å²) in [4.78, 5) is 4.39. The van der Waals surface area contributed by atoms with Gasteiger partial charge in [-0.2, -0.15) is 11.3 Å². The van der Waals surface area contributed by atoms with Crippen LogP contribution in [-0.2, 0) is 6.61 Å². The van der Waals surface area contributed by atoms with Crippen LogP contribution in [0.25, 0.3) is 16.9 Å². The predicted octanol–water partition coefficient (Wildman–Crippen LogP) is 4.80. The van der Waals surface area contributed by atoms with E-state index < -0.39 is 0 Å². The smallest absolute Gasteiger partial charge is 0.232 e. The molecule has 0 unspecified atom stereocenters. The zero-order valence-electron chi connectivity index (χ0n) is 12.0. The lowest BCUT2D eigenvalue weighted by Crippen LogP contribution is -2.01. The molecule has 0 N–H and O–H groups in total. The first-order valence-corrected chi connectivity index (χ1v) is 8.78. The molecule has 0 radical (unpaired) electrons. The van der Waals surface area contributed by atoms with Crippen LogP contribution in [0.2, 0.25) is 0 Å². The fraction of sp³-hybridized carbons (Fsp3) is 0.0588. The Morgan fingerprint density at radius 3 is 2.96 bits per heavy atom. The maximum Gasteiger partial charge on any atom is 0.232 e. The van der Waals surface area contributed by atoms with Crippen molar-refractivity contribution in [1.82, 2.24) is 14.6 Å². The number of aromatic nitrogens is 3. The Balaban J connectivity index is 1.62. The first-order valence-electron chi connectivity index (χ1n) is 7.04. The van der Waals surface area contributed by atoms with Crippen LogP contribution in [-0.4, -0.2) is 14.6 Å². The summed E-state index contributed by atoms with van der Waals surface area (Å²) in [6.45, 7) is 0.473. The first kappa shape index (κ1) is 14.4. The molecule has 0 bridgehead atoms. The molecule has 0 aliphatic rings. The molecule has 4 nitrogen and oxygen atoms in total. The number of nitrogens with zero attached hydrogens (tertiary/aromatic N) is 3. The third kappa shape index (κ3) is 3.00. The highest BCUT2D eigenvalue weighted by Crippen LogP contribution is 2.23. The minimum absolute atomic E-state index is 0.473. The van der Waals surface area contributed by atoms with Crippen LogP contribution >= 0.6 is 27.3 Å². The van der Waals surface area contributed by atoms with E-state index in [2.05, 4.69) is 37.5 Å². The molecule has 6 heteroatoms. The van der Waals surface area contributed by atoms with Gasteiger partial charge in [-0.05, 0) is 35.2 Å². The summed E-state index contributed by atoms with van der Waals surface area (Å²) in [6, 6.07) is 13.9. The van der Waals surface area contributed by atoms with Crippen LogP contribution in [0.1, 0.15) is 5.56 Å². The van der Waals surface area contributed by atoms with Gasteiger partial charge in [0, 0.05) is 21.5 Å². The highest BCUT2D eigenvalue weighted by molar-refractivity contribution is 9.10.